The van der Waals surface area contributed by atoms with Crippen molar-refractivity contribution < 1.29 is 9.53 Å². The molecule has 2 N–H and O–H groups in total. The topological polar surface area (TPSA) is 65.4 Å². The molecule has 1 aliphatic heterocycles. The van der Waals surface area contributed by atoms with Crippen molar-refractivity contribution in [3.63, 3.8) is 0 Å². The number of amidine groups is 1. The molecular formula is C14H17N3O2. The van der Waals surface area contributed by atoms with Crippen LogP contribution < -0.4 is 10.1 Å². The van der Waals surface area contributed by atoms with Crippen molar-refractivity contribution in [2.75, 3.05) is 13.7 Å². The van der Waals surface area contributed by atoms with Gasteiger partial charge < -0.3 is 9.64 Å². The maximum absolute atomic E-state index is 12.0. The number of hydrogen-bond donors (Lipinski definition) is 2. The molecule has 1 atom stereocenters. The molecule has 0 bridgehead atoms. The molecule has 19 heavy (non-hydrogen) atoms. The Bertz CT molecular complexity index is 570. The summed E-state index contributed by atoms with van der Waals surface area (Å²) in [6.45, 7) is 2.53. The zero-order valence-corrected chi connectivity index (χ0v) is 11.1. The Morgan fingerprint density at radius 1 is 1.53 bits per heavy atom. The van der Waals surface area contributed by atoms with Crippen LogP contribution in [0.4, 0.5) is 4.79 Å². The molecule has 5 nitrogen and oxygen atoms in total. The van der Waals surface area contributed by atoms with Crippen molar-refractivity contribution >= 4 is 11.9 Å². The van der Waals surface area contributed by atoms with E-state index < -0.39 is 5.54 Å². The van der Waals surface area contributed by atoms with Gasteiger partial charge in [0.2, 0.25) is 0 Å². The molecule has 1 fully saturated rings. The normalized spacial score (nSPS) is 24.8. The number of aryl methyl sites for hydroxylation is 1. The summed E-state index contributed by atoms with van der Waals surface area (Å²) >= 11 is 0. The average Bonchev–Trinajstić information content (AvgIpc) is 2.90. The molecule has 1 saturated heterocycles. The Balaban J connectivity index is 2.18. The Hall–Kier alpha value is -2.04. The predicted octanol–water partition coefficient (Wildman–Crippen LogP) is 1.86. The fourth-order valence-corrected chi connectivity index (χ4v) is 3.28. The lowest BCUT2D eigenvalue weighted by atomic mass is 9.89. The van der Waals surface area contributed by atoms with Crippen LogP contribution in [-0.4, -0.2) is 30.4 Å². The van der Waals surface area contributed by atoms with E-state index >= 15 is 0 Å². The summed E-state index contributed by atoms with van der Waals surface area (Å²) in [6.07, 6.45) is 1.65. The summed E-state index contributed by atoms with van der Waals surface area (Å²) in [5, 5.41) is 10.9. The van der Waals surface area contributed by atoms with Gasteiger partial charge >= 0.3 is 6.03 Å². The summed E-state index contributed by atoms with van der Waals surface area (Å²) in [4.78, 5) is 13.7. The largest absolute Gasteiger partial charge is 0.497 e. The smallest absolute Gasteiger partial charge is 0.323 e. The number of nitrogens with zero attached hydrogens (tertiary/aromatic N) is 1. The summed E-state index contributed by atoms with van der Waals surface area (Å²) in [6, 6.07) is 5.75. The van der Waals surface area contributed by atoms with Gasteiger partial charge in [-0.15, -0.1) is 0 Å². The Kier molecular flexibility index (Phi) is 2.52. The van der Waals surface area contributed by atoms with Crippen LogP contribution >= 0.6 is 0 Å². The highest BCUT2D eigenvalue weighted by Gasteiger charge is 2.54. The molecule has 2 amide bonds. The number of fused-ring (bicyclic) bond motifs is 2. The Labute approximate surface area is 112 Å². The van der Waals surface area contributed by atoms with Gasteiger partial charge in [-0.25, -0.2) is 4.79 Å². The van der Waals surface area contributed by atoms with Gasteiger partial charge in [0.25, 0.3) is 0 Å². The molecule has 1 aromatic rings. The van der Waals surface area contributed by atoms with E-state index in [0.717, 1.165) is 24.2 Å². The molecule has 2 aliphatic rings. The van der Waals surface area contributed by atoms with Crippen LogP contribution in [0.3, 0.4) is 0 Å². The third-order valence-corrected chi connectivity index (χ3v) is 4.19. The van der Waals surface area contributed by atoms with E-state index in [2.05, 4.69) is 5.32 Å². The first kappa shape index (κ1) is 12.0. The van der Waals surface area contributed by atoms with Gasteiger partial charge in [0, 0.05) is 6.54 Å². The highest BCUT2D eigenvalue weighted by atomic mass is 16.5. The minimum absolute atomic E-state index is 0.178. The van der Waals surface area contributed by atoms with Crippen LogP contribution in [0.2, 0.25) is 0 Å². The molecular weight excluding hydrogens is 242 g/mol. The van der Waals surface area contributed by atoms with Crippen LogP contribution in [0.15, 0.2) is 18.2 Å². The summed E-state index contributed by atoms with van der Waals surface area (Å²) in [5.74, 6) is 1.05. The second kappa shape index (κ2) is 3.98. The number of benzene rings is 1. The highest BCUT2D eigenvalue weighted by molar-refractivity contribution is 6.09. The quantitative estimate of drug-likeness (QED) is 0.851. The number of carbonyl (C=O) groups excluding carboxylic acids is 1. The van der Waals surface area contributed by atoms with Gasteiger partial charge in [-0.1, -0.05) is 6.07 Å². The minimum Gasteiger partial charge on any atom is -0.497 e. The summed E-state index contributed by atoms with van der Waals surface area (Å²) in [5.41, 5.74) is 1.60. The molecule has 1 aliphatic carbocycles. The first-order valence-electron chi connectivity index (χ1n) is 6.48. The molecule has 5 heteroatoms. The van der Waals surface area contributed by atoms with Crippen LogP contribution in [0.25, 0.3) is 0 Å². The number of urea groups is 1. The van der Waals surface area contributed by atoms with Crippen LogP contribution in [0.1, 0.15) is 24.5 Å². The zero-order chi connectivity index (χ0) is 13.6. The molecule has 1 heterocycles. The lowest BCUT2D eigenvalue weighted by Gasteiger charge is -2.33. The van der Waals surface area contributed by atoms with E-state index in [4.69, 9.17) is 10.1 Å². The number of rotatable bonds is 2. The number of likely N-dealkylation sites (N-methyl/N-ethyl adjacent to an activating group) is 1. The van der Waals surface area contributed by atoms with Crippen molar-refractivity contribution in [2.45, 2.75) is 25.3 Å². The Morgan fingerprint density at radius 2 is 2.32 bits per heavy atom. The number of amides is 2. The van der Waals surface area contributed by atoms with Crippen molar-refractivity contribution in [2.24, 2.45) is 0 Å². The molecule has 3 rings (SSSR count). The van der Waals surface area contributed by atoms with Gasteiger partial charge in [-0.2, -0.15) is 0 Å². The zero-order valence-electron chi connectivity index (χ0n) is 11.1. The van der Waals surface area contributed by atoms with Crippen LogP contribution in [0.5, 0.6) is 5.75 Å². The fraction of sp³-hybridized carbons (Fsp3) is 0.429. The maximum Gasteiger partial charge on any atom is 0.323 e. The van der Waals surface area contributed by atoms with Crippen molar-refractivity contribution in [1.29, 1.82) is 5.41 Å². The third-order valence-electron chi connectivity index (χ3n) is 4.19. The highest BCUT2D eigenvalue weighted by Crippen LogP contribution is 2.45. The Morgan fingerprint density at radius 3 is 3.00 bits per heavy atom. The molecule has 1 spiro atoms. The molecule has 1 unspecified atom stereocenters. The second-order valence-electron chi connectivity index (χ2n) is 4.93. The second-order valence-corrected chi connectivity index (χ2v) is 4.93. The average molecular weight is 259 g/mol. The van der Waals surface area contributed by atoms with Crippen molar-refractivity contribution in [1.82, 2.24) is 10.2 Å². The lowest BCUT2D eigenvalue weighted by Crippen LogP contribution is -2.44. The van der Waals surface area contributed by atoms with E-state index in [9.17, 15) is 4.79 Å². The fourth-order valence-electron chi connectivity index (χ4n) is 3.28. The monoisotopic (exact) mass is 259 g/mol. The van der Waals surface area contributed by atoms with Gasteiger partial charge in [-0.05, 0) is 43.0 Å². The van der Waals surface area contributed by atoms with Gasteiger partial charge in [0.1, 0.15) is 17.1 Å². The standard InChI is InChI=1S/C14H17N3O2/c1-3-17-13(18)16-12(15)14(17)7-6-9-4-5-10(19-2)8-11(9)14/h4-5,8H,3,6-7H2,1-2H3,(H2,15,16,18). The van der Waals surface area contributed by atoms with Crippen molar-refractivity contribution in [3.8, 4) is 5.75 Å². The van der Waals surface area contributed by atoms with Crippen molar-refractivity contribution in [3.05, 3.63) is 29.3 Å². The molecule has 0 radical (unpaired) electrons. The minimum atomic E-state index is -0.615. The first-order chi connectivity index (χ1) is 9.13. The van der Waals surface area contributed by atoms with E-state index in [-0.39, 0.29) is 11.9 Å². The maximum atomic E-state index is 12.0. The molecule has 100 valence electrons. The summed E-state index contributed by atoms with van der Waals surface area (Å²) in [7, 11) is 1.63. The molecule has 0 saturated carbocycles. The third kappa shape index (κ3) is 1.41. The van der Waals surface area contributed by atoms with Gasteiger partial charge in [0.05, 0.1) is 7.11 Å². The van der Waals surface area contributed by atoms with Gasteiger partial charge in [0.15, 0.2) is 0 Å². The molecule has 1 aromatic carbocycles. The van der Waals surface area contributed by atoms with E-state index in [0.29, 0.717) is 6.54 Å². The van der Waals surface area contributed by atoms with Crippen LogP contribution in [0, 0.1) is 5.41 Å². The molecule has 0 aromatic heterocycles. The SMILES string of the molecule is CCN1C(=O)NC(=N)C12CCc1ccc(OC)cc12. The number of ether oxygens (including phenoxy) is 1. The van der Waals surface area contributed by atoms with Gasteiger partial charge in [-0.3, -0.25) is 10.7 Å². The van der Waals surface area contributed by atoms with E-state index in [1.807, 2.05) is 25.1 Å². The first-order valence-corrected chi connectivity index (χ1v) is 6.48. The summed E-state index contributed by atoms with van der Waals surface area (Å²) < 4.78 is 5.28. The number of carbonyl (C=O) groups is 1. The number of methoxy groups -OCH3 is 1. The lowest BCUT2D eigenvalue weighted by molar-refractivity contribution is 0.177. The predicted molar refractivity (Wildman–Crippen MR) is 71.6 cm³/mol. The van der Waals surface area contributed by atoms with Crippen LogP contribution in [-0.2, 0) is 12.0 Å². The van der Waals surface area contributed by atoms with E-state index in [1.165, 1.54) is 5.56 Å². The number of hydrogen-bond acceptors (Lipinski definition) is 3. The van der Waals surface area contributed by atoms with E-state index in [1.54, 1.807) is 12.0 Å². The number of nitrogens with one attached hydrogen (secondary N) is 2.